The van der Waals surface area contributed by atoms with Gasteiger partial charge in [0.2, 0.25) is 10.0 Å². The second-order valence-corrected chi connectivity index (χ2v) is 12.6. The maximum atomic E-state index is 12.4. The molecule has 3 fully saturated rings. The molecule has 2 aromatic rings. The number of methoxy groups -OCH3 is 1. The van der Waals surface area contributed by atoms with Crippen LogP contribution in [0, 0.1) is 11.8 Å². The van der Waals surface area contributed by atoms with Crippen molar-refractivity contribution in [3.05, 3.63) is 65.2 Å². The zero-order valence-corrected chi connectivity index (χ0v) is 20.9. The highest BCUT2D eigenvalue weighted by molar-refractivity contribution is 7.93. The lowest BCUT2D eigenvalue weighted by Crippen LogP contribution is -2.46. The van der Waals surface area contributed by atoms with Gasteiger partial charge in [0.05, 0.1) is 10.9 Å². The number of likely N-dealkylation sites (tertiary alicyclic amines) is 1. The van der Waals surface area contributed by atoms with Crippen LogP contribution >= 0.6 is 12.4 Å². The lowest BCUT2D eigenvalue weighted by atomic mass is 9.91. The van der Waals surface area contributed by atoms with E-state index in [4.69, 9.17) is 4.74 Å². The Balaban J connectivity index is 0.00000228. The number of hydrogen-bond acceptors (Lipinski definition) is 4. The van der Waals surface area contributed by atoms with Crippen molar-refractivity contribution in [1.29, 1.82) is 0 Å². The Bertz CT molecular complexity index is 1130. The van der Waals surface area contributed by atoms with Crippen molar-refractivity contribution < 1.29 is 13.2 Å². The second-order valence-electron chi connectivity index (χ2n) is 10.6. The fourth-order valence-electron chi connectivity index (χ4n) is 6.45. The SMILES string of the molecule is COC1(CN2C[C@@H]3[C@H](C2)[C@@]3(C)c2cccc(NS(=O)(=O)C3CC3)c2)Cc2ccccc2C1.Cl. The van der Waals surface area contributed by atoms with Crippen molar-refractivity contribution in [2.75, 3.05) is 31.5 Å². The molecule has 7 heteroatoms. The molecule has 6 rings (SSSR count). The molecule has 1 saturated heterocycles. The Kier molecular flexibility index (Phi) is 5.60. The maximum Gasteiger partial charge on any atom is 0.235 e. The van der Waals surface area contributed by atoms with Crippen LogP contribution in [0.15, 0.2) is 48.5 Å². The van der Waals surface area contributed by atoms with E-state index >= 15 is 0 Å². The van der Waals surface area contributed by atoms with Crippen molar-refractivity contribution in [3.63, 3.8) is 0 Å². The molecule has 2 aromatic carbocycles. The Hall–Kier alpha value is -1.60. The number of nitrogens with zero attached hydrogens (tertiary/aromatic N) is 1. The summed E-state index contributed by atoms with van der Waals surface area (Å²) >= 11 is 0. The van der Waals surface area contributed by atoms with E-state index in [0.717, 1.165) is 45.3 Å². The summed E-state index contributed by atoms with van der Waals surface area (Å²) in [6.45, 7) is 5.50. The number of nitrogens with one attached hydrogen (secondary N) is 1. The number of benzene rings is 2. The molecule has 0 radical (unpaired) electrons. The summed E-state index contributed by atoms with van der Waals surface area (Å²) in [4.78, 5) is 2.59. The van der Waals surface area contributed by atoms with Gasteiger partial charge in [0, 0.05) is 50.7 Å². The van der Waals surface area contributed by atoms with Crippen molar-refractivity contribution in [2.24, 2.45) is 11.8 Å². The maximum absolute atomic E-state index is 12.4. The first-order chi connectivity index (χ1) is 15.3. The Labute approximate surface area is 203 Å². The summed E-state index contributed by atoms with van der Waals surface area (Å²) in [5.41, 5.74) is 4.84. The first-order valence-electron chi connectivity index (χ1n) is 11.8. The minimum absolute atomic E-state index is 0. The number of halogens is 1. The Morgan fingerprint density at radius 1 is 1.03 bits per heavy atom. The molecule has 178 valence electrons. The van der Waals surface area contributed by atoms with Crippen molar-refractivity contribution in [3.8, 4) is 0 Å². The first-order valence-corrected chi connectivity index (χ1v) is 13.3. The molecule has 3 aliphatic carbocycles. The zero-order chi connectivity index (χ0) is 22.1. The van der Waals surface area contributed by atoms with Gasteiger partial charge >= 0.3 is 0 Å². The molecule has 4 aliphatic rings. The molecule has 1 aliphatic heterocycles. The van der Waals surface area contributed by atoms with Crippen LogP contribution in [0.3, 0.4) is 0 Å². The van der Waals surface area contributed by atoms with E-state index in [2.05, 4.69) is 52.9 Å². The van der Waals surface area contributed by atoms with E-state index < -0.39 is 10.0 Å². The molecule has 0 aromatic heterocycles. The molecule has 0 unspecified atom stereocenters. The number of piperidine rings is 1. The molecule has 3 atom stereocenters. The van der Waals surface area contributed by atoms with Gasteiger partial charge in [-0.2, -0.15) is 0 Å². The predicted octanol–water partition coefficient (Wildman–Crippen LogP) is 4.02. The molecule has 0 bridgehead atoms. The molecule has 33 heavy (non-hydrogen) atoms. The number of fused-ring (bicyclic) bond motifs is 2. The van der Waals surface area contributed by atoms with Crippen LogP contribution in [0.4, 0.5) is 5.69 Å². The van der Waals surface area contributed by atoms with Gasteiger partial charge in [0.1, 0.15) is 0 Å². The molecule has 5 nitrogen and oxygen atoms in total. The number of anilines is 1. The van der Waals surface area contributed by atoms with Gasteiger partial charge in [-0.25, -0.2) is 8.42 Å². The summed E-state index contributed by atoms with van der Waals surface area (Å²) < 4.78 is 33.6. The molecule has 2 saturated carbocycles. The topological polar surface area (TPSA) is 58.6 Å². The van der Waals surface area contributed by atoms with Crippen LogP contribution in [0.25, 0.3) is 0 Å². The van der Waals surface area contributed by atoms with Crippen LogP contribution in [-0.2, 0) is 33.0 Å². The van der Waals surface area contributed by atoms with Crippen LogP contribution in [-0.4, -0.2) is 50.9 Å². The van der Waals surface area contributed by atoms with Crippen LogP contribution in [0.5, 0.6) is 0 Å². The fourth-order valence-corrected chi connectivity index (χ4v) is 7.83. The quantitative estimate of drug-likeness (QED) is 0.639. The highest BCUT2D eigenvalue weighted by atomic mass is 35.5. The molecule has 1 heterocycles. The van der Waals surface area contributed by atoms with Gasteiger partial charge in [-0.05, 0) is 53.5 Å². The zero-order valence-electron chi connectivity index (χ0n) is 19.3. The number of ether oxygens (including phenoxy) is 1. The van der Waals surface area contributed by atoms with Gasteiger partial charge in [-0.1, -0.05) is 43.3 Å². The third kappa shape index (κ3) is 3.89. The van der Waals surface area contributed by atoms with Gasteiger partial charge in [0.15, 0.2) is 0 Å². The van der Waals surface area contributed by atoms with Gasteiger partial charge in [-0.3, -0.25) is 9.62 Å². The van der Waals surface area contributed by atoms with E-state index in [-0.39, 0.29) is 28.7 Å². The summed E-state index contributed by atoms with van der Waals surface area (Å²) in [6.07, 6.45) is 3.54. The smallest absolute Gasteiger partial charge is 0.235 e. The number of rotatable bonds is 7. The summed E-state index contributed by atoms with van der Waals surface area (Å²) in [5, 5.41) is -0.203. The molecular formula is C26H33ClN2O3S. The summed E-state index contributed by atoms with van der Waals surface area (Å²) in [7, 11) is -1.37. The number of sulfonamides is 1. The predicted molar refractivity (Wildman–Crippen MR) is 134 cm³/mol. The molecule has 0 spiro atoms. The highest BCUT2D eigenvalue weighted by Gasteiger charge is 2.66. The first kappa shape index (κ1) is 23.2. The fraction of sp³-hybridized carbons (Fsp3) is 0.538. The second kappa shape index (κ2) is 7.98. The van der Waals surface area contributed by atoms with Gasteiger partial charge in [-0.15, -0.1) is 12.4 Å². The minimum atomic E-state index is -3.23. The van der Waals surface area contributed by atoms with Gasteiger partial charge in [0.25, 0.3) is 0 Å². The van der Waals surface area contributed by atoms with Crippen LogP contribution in [0.2, 0.25) is 0 Å². The minimum Gasteiger partial charge on any atom is -0.376 e. The largest absolute Gasteiger partial charge is 0.376 e. The van der Waals surface area contributed by atoms with Crippen molar-refractivity contribution in [2.45, 2.75) is 48.9 Å². The Morgan fingerprint density at radius 3 is 2.24 bits per heavy atom. The van der Waals surface area contributed by atoms with E-state index in [1.807, 2.05) is 19.2 Å². The summed E-state index contributed by atoms with van der Waals surface area (Å²) in [5.74, 6) is 1.24. The standard InChI is InChI=1S/C26H32N2O3S.ClH/c1-25(20-8-5-9-21(12-20)27-32(29,30)22-10-11-22)23-15-28(16-24(23)25)17-26(31-2)13-18-6-3-4-7-19(18)14-26;/h3-9,12,22-24,27H,10-11,13-17H2,1-2H3;1H/t23-,24+,25+;. The average molecular weight is 489 g/mol. The Morgan fingerprint density at radius 2 is 1.67 bits per heavy atom. The van der Waals surface area contributed by atoms with E-state index in [1.165, 1.54) is 16.7 Å². The monoisotopic (exact) mass is 488 g/mol. The molecule has 0 amide bonds. The van der Waals surface area contributed by atoms with E-state index in [9.17, 15) is 8.42 Å². The number of hydrogen-bond donors (Lipinski definition) is 1. The van der Waals surface area contributed by atoms with Crippen LogP contribution in [0.1, 0.15) is 36.5 Å². The van der Waals surface area contributed by atoms with E-state index in [0.29, 0.717) is 17.5 Å². The third-order valence-electron chi connectivity index (χ3n) is 8.62. The van der Waals surface area contributed by atoms with Crippen molar-refractivity contribution >= 4 is 28.1 Å². The van der Waals surface area contributed by atoms with Crippen molar-refractivity contribution in [1.82, 2.24) is 4.90 Å². The van der Waals surface area contributed by atoms with Gasteiger partial charge < -0.3 is 4.74 Å². The average Bonchev–Trinajstić information content (AvgIpc) is 3.62. The summed E-state index contributed by atoms with van der Waals surface area (Å²) in [6, 6.07) is 16.8. The lowest BCUT2D eigenvalue weighted by Gasteiger charge is -2.34. The third-order valence-corrected chi connectivity index (χ3v) is 10.5. The highest BCUT2D eigenvalue weighted by Crippen LogP contribution is 2.63. The molecular weight excluding hydrogens is 456 g/mol. The van der Waals surface area contributed by atoms with Crippen LogP contribution < -0.4 is 4.72 Å². The lowest BCUT2D eigenvalue weighted by molar-refractivity contribution is -0.0274. The van der Waals surface area contributed by atoms with E-state index in [1.54, 1.807) is 0 Å². The molecule has 1 N–H and O–H groups in total. The normalized spacial score (nSPS) is 29.8.